The van der Waals surface area contributed by atoms with Crippen LogP contribution in [-0.4, -0.2) is 24.9 Å². The Bertz CT molecular complexity index is 310. The van der Waals surface area contributed by atoms with Crippen LogP contribution in [0.25, 0.3) is 0 Å². The van der Waals surface area contributed by atoms with Crippen LogP contribution in [0.1, 0.15) is 31.9 Å². The second-order valence-electron chi connectivity index (χ2n) is 3.92. The maximum absolute atomic E-state index is 9.59. The molecule has 0 saturated heterocycles. The molecule has 0 aliphatic rings. The predicted molar refractivity (Wildman–Crippen MR) is 63.7 cm³/mol. The van der Waals surface area contributed by atoms with Gasteiger partial charge in [-0.25, -0.2) is 0 Å². The first kappa shape index (κ1) is 13.0. The molecule has 0 radical (unpaired) electrons. The van der Waals surface area contributed by atoms with Crippen molar-refractivity contribution in [3.8, 4) is 5.75 Å². The molecule has 16 heavy (non-hydrogen) atoms. The second kappa shape index (κ2) is 6.51. The van der Waals surface area contributed by atoms with Crippen LogP contribution in [0, 0.1) is 0 Å². The Balaban J connectivity index is 2.65. The average Bonchev–Trinajstić information content (AvgIpc) is 2.27. The minimum absolute atomic E-state index is 0.0832. The van der Waals surface area contributed by atoms with Crippen LogP contribution in [0.5, 0.6) is 5.75 Å². The summed E-state index contributed by atoms with van der Waals surface area (Å²) in [7, 11) is 1.68. The van der Waals surface area contributed by atoms with E-state index < -0.39 is 6.10 Å². The fourth-order valence-electron chi connectivity index (χ4n) is 1.49. The molecule has 0 saturated carbocycles. The van der Waals surface area contributed by atoms with Gasteiger partial charge >= 0.3 is 0 Å². The summed E-state index contributed by atoms with van der Waals surface area (Å²) in [6.45, 7) is 4.41. The highest BCUT2D eigenvalue weighted by Crippen LogP contribution is 2.25. The van der Waals surface area contributed by atoms with Gasteiger partial charge in [0.15, 0.2) is 0 Å². The van der Waals surface area contributed by atoms with Gasteiger partial charge in [0.1, 0.15) is 5.75 Å². The number of aliphatic hydroxyl groups excluding tert-OH is 1. The lowest BCUT2D eigenvalue weighted by atomic mass is 10.1. The quantitative estimate of drug-likeness (QED) is 0.807. The zero-order chi connectivity index (χ0) is 12.0. The van der Waals surface area contributed by atoms with Crippen molar-refractivity contribution in [1.82, 2.24) is 0 Å². The molecule has 0 amide bonds. The fraction of sp³-hybridized carbons (Fsp3) is 0.538. The standard InChI is InChI=1S/C13H20O3/c1-10(8-9-15-3)16-13-7-5-4-6-12(13)11(2)14/h4-7,10-11,14H,8-9H2,1-3H3/t10?,11-/m1/s1. The number of rotatable bonds is 6. The van der Waals surface area contributed by atoms with Gasteiger partial charge in [0.2, 0.25) is 0 Å². The van der Waals surface area contributed by atoms with Crippen molar-refractivity contribution in [3.05, 3.63) is 29.8 Å². The summed E-state index contributed by atoms with van der Waals surface area (Å²) in [4.78, 5) is 0. The molecule has 3 nitrogen and oxygen atoms in total. The van der Waals surface area contributed by atoms with E-state index in [4.69, 9.17) is 9.47 Å². The molecule has 3 heteroatoms. The van der Waals surface area contributed by atoms with E-state index in [9.17, 15) is 5.11 Å². The van der Waals surface area contributed by atoms with Crippen molar-refractivity contribution in [2.45, 2.75) is 32.5 Å². The second-order valence-corrected chi connectivity index (χ2v) is 3.92. The lowest BCUT2D eigenvalue weighted by Gasteiger charge is -2.18. The molecular formula is C13H20O3. The summed E-state index contributed by atoms with van der Waals surface area (Å²) >= 11 is 0. The van der Waals surface area contributed by atoms with Crippen LogP contribution in [0.15, 0.2) is 24.3 Å². The zero-order valence-electron chi connectivity index (χ0n) is 10.1. The summed E-state index contributed by atoms with van der Waals surface area (Å²) < 4.78 is 10.8. The molecule has 1 rings (SSSR count). The van der Waals surface area contributed by atoms with Gasteiger partial charge in [-0.15, -0.1) is 0 Å². The molecule has 90 valence electrons. The molecule has 0 spiro atoms. The summed E-state index contributed by atoms with van der Waals surface area (Å²) in [5.41, 5.74) is 0.826. The number of hydrogen-bond acceptors (Lipinski definition) is 3. The smallest absolute Gasteiger partial charge is 0.125 e. The lowest BCUT2D eigenvalue weighted by molar-refractivity contribution is 0.130. The highest BCUT2D eigenvalue weighted by atomic mass is 16.5. The largest absolute Gasteiger partial charge is 0.490 e. The van der Waals surface area contributed by atoms with Crippen LogP contribution < -0.4 is 4.74 Å². The maximum Gasteiger partial charge on any atom is 0.125 e. The molecule has 0 heterocycles. The molecule has 0 aliphatic heterocycles. The van der Waals surface area contributed by atoms with Gasteiger partial charge in [0, 0.05) is 25.7 Å². The molecule has 2 atom stereocenters. The van der Waals surface area contributed by atoms with Crippen molar-refractivity contribution < 1.29 is 14.6 Å². The Kier molecular flexibility index (Phi) is 5.29. The Morgan fingerprint density at radius 2 is 1.94 bits per heavy atom. The number of methoxy groups -OCH3 is 1. The van der Waals surface area contributed by atoms with Gasteiger partial charge in [0.25, 0.3) is 0 Å². The van der Waals surface area contributed by atoms with Crippen molar-refractivity contribution >= 4 is 0 Å². The average molecular weight is 224 g/mol. The molecule has 0 aromatic heterocycles. The topological polar surface area (TPSA) is 38.7 Å². The molecule has 1 aromatic carbocycles. The Hall–Kier alpha value is -1.06. The monoisotopic (exact) mass is 224 g/mol. The normalized spacial score (nSPS) is 14.5. The summed E-state index contributed by atoms with van der Waals surface area (Å²) in [5, 5.41) is 9.59. The van der Waals surface area contributed by atoms with E-state index in [0.29, 0.717) is 6.61 Å². The SMILES string of the molecule is COCCC(C)Oc1ccccc1[C@@H](C)O. The number of para-hydroxylation sites is 1. The third kappa shape index (κ3) is 3.83. The van der Waals surface area contributed by atoms with E-state index in [0.717, 1.165) is 17.7 Å². The van der Waals surface area contributed by atoms with Gasteiger partial charge in [0.05, 0.1) is 12.2 Å². The van der Waals surface area contributed by atoms with Gasteiger partial charge < -0.3 is 14.6 Å². The number of aliphatic hydroxyl groups is 1. The number of hydrogen-bond donors (Lipinski definition) is 1. The third-order valence-electron chi connectivity index (χ3n) is 2.43. The highest BCUT2D eigenvalue weighted by molar-refractivity contribution is 5.34. The van der Waals surface area contributed by atoms with E-state index in [2.05, 4.69) is 0 Å². The van der Waals surface area contributed by atoms with E-state index >= 15 is 0 Å². The molecule has 0 bridgehead atoms. The molecule has 1 unspecified atom stereocenters. The van der Waals surface area contributed by atoms with Gasteiger partial charge in [-0.2, -0.15) is 0 Å². The first-order valence-electron chi connectivity index (χ1n) is 5.57. The van der Waals surface area contributed by atoms with E-state index in [1.165, 1.54) is 0 Å². The number of ether oxygens (including phenoxy) is 2. The van der Waals surface area contributed by atoms with Gasteiger partial charge in [-0.3, -0.25) is 0 Å². The minimum atomic E-state index is -0.508. The fourth-order valence-corrected chi connectivity index (χ4v) is 1.49. The molecule has 0 fully saturated rings. The Labute approximate surface area is 97.0 Å². The van der Waals surface area contributed by atoms with Crippen LogP contribution in [0.3, 0.4) is 0 Å². The van der Waals surface area contributed by atoms with Crippen LogP contribution in [0.4, 0.5) is 0 Å². The summed E-state index contributed by atoms with van der Waals surface area (Å²) in [5.74, 6) is 0.751. The molecule has 1 aromatic rings. The molecule has 0 aliphatic carbocycles. The molecule has 1 N–H and O–H groups in total. The first-order chi connectivity index (χ1) is 7.65. The van der Waals surface area contributed by atoms with Crippen molar-refractivity contribution in [3.63, 3.8) is 0 Å². The number of benzene rings is 1. The third-order valence-corrected chi connectivity index (χ3v) is 2.43. The van der Waals surface area contributed by atoms with Gasteiger partial charge in [-0.1, -0.05) is 18.2 Å². The van der Waals surface area contributed by atoms with Gasteiger partial charge in [-0.05, 0) is 19.9 Å². The predicted octanol–water partition coefficient (Wildman–Crippen LogP) is 2.54. The van der Waals surface area contributed by atoms with Crippen molar-refractivity contribution in [1.29, 1.82) is 0 Å². The van der Waals surface area contributed by atoms with Crippen LogP contribution in [-0.2, 0) is 4.74 Å². The van der Waals surface area contributed by atoms with E-state index in [1.54, 1.807) is 14.0 Å². The van der Waals surface area contributed by atoms with E-state index in [-0.39, 0.29) is 6.10 Å². The van der Waals surface area contributed by atoms with E-state index in [1.807, 2.05) is 31.2 Å². The Morgan fingerprint density at radius 1 is 1.25 bits per heavy atom. The van der Waals surface area contributed by atoms with Crippen LogP contribution >= 0.6 is 0 Å². The highest BCUT2D eigenvalue weighted by Gasteiger charge is 2.11. The zero-order valence-corrected chi connectivity index (χ0v) is 10.1. The summed E-state index contributed by atoms with van der Waals surface area (Å²) in [6, 6.07) is 7.56. The lowest BCUT2D eigenvalue weighted by Crippen LogP contribution is -2.15. The Morgan fingerprint density at radius 3 is 2.56 bits per heavy atom. The van der Waals surface area contributed by atoms with Crippen molar-refractivity contribution in [2.75, 3.05) is 13.7 Å². The summed E-state index contributed by atoms with van der Waals surface area (Å²) in [6.07, 6.45) is 0.413. The molecular weight excluding hydrogens is 204 g/mol. The minimum Gasteiger partial charge on any atom is -0.490 e. The first-order valence-corrected chi connectivity index (χ1v) is 5.57. The maximum atomic E-state index is 9.59. The van der Waals surface area contributed by atoms with Crippen LogP contribution in [0.2, 0.25) is 0 Å². The van der Waals surface area contributed by atoms with Crippen molar-refractivity contribution in [2.24, 2.45) is 0 Å².